The van der Waals surface area contributed by atoms with Gasteiger partial charge in [0.1, 0.15) is 6.04 Å². The molecular weight excluding hydrogens is 378 g/mol. The highest BCUT2D eigenvalue weighted by Gasteiger charge is 2.34. The van der Waals surface area contributed by atoms with Crippen molar-refractivity contribution >= 4 is 10.9 Å². The van der Waals surface area contributed by atoms with Crippen LogP contribution in [0.15, 0.2) is 29.1 Å². The molecule has 1 aliphatic rings. The highest BCUT2D eigenvalue weighted by Crippen LogP contribution is 2.30. The quantitative estimate of drug-likeness (QED) is 0.712. The van der Waals surface area contributed by atoms with Crippen LogP contribution in [0.2, 0.25) is 0 Å². The molecule has 0 unspecified atom stereocenters. The number of nitrogens with zero attached hydrogens (tertiary/aromatic N) is 6. The topological polar surface area (TPSA) is 82.9 Å². The predicted molar refractivity (Wildman–Crippen MR) is 118 cm³/mol. The second-order valence-electron chi connectivity index (χ2n) is 9.09. The van der Waals surface area contributed by atoms with Crippen LogP contribution >= 0.6 is 0 Å². The van der Waals surface area contributed by atoms with Crippen LogP contribution in [0.5, 0.6) is 0 Å². The summed E-state index contributed by atoms with van der Waals surface area (Å²) < 4.78 is 1.85. The molecule has 4 rings (SSSR count). The maximum atomic E-state index is 13.3. The van der Waals surface area contributed by atoms with Gasteiger partial charge in [0.25, 0.3) is 5.56 Å². The average Bonchev–Trinajstić information content (AvgIpc) is 3.20. The number of piperazine rings is 1. The Balaban J connectivity index is 1.87. The van der Waals surface area contributed by atoms with Crippen LogP contribution in [-0.4, -0.2) is 67.7 Å². The van der Waals surface area contributed by atoms with Gasteiger partial charge in [0.05, 0.1) is 11.1 Å². The molecule has 1 aliphatic heterocycles. The third-order valence-corrected chi connectivity index (χ3v) is 6.00. The van der Waals surface area contributed by atoms with Crippen molar-refractivity contribution in [1.29, 1.82) is 0 Å². The molecular formula is C22H31N7O. The van der Waals surface area contributed by atoms with Crippen LogP contribution in [0.1, 0.15) is 50.7 Å². The van der Waals surface area contributed by atoms with Crippen LogP contribution in [0, 0.1) is 6.92 Å². The highest BCUT2D eigenvalue weighted by atomic mass is 16.1. The molecule has 30 heavy (non-hydrogen) atoms. The fraction of sp³-hybridized carbons (Fsp3) is 0.545. The molecule has 160 valence electrons. The number of hydrogen-bond donors (Lipinski definition) is 1. The Morgan fingerprint density at radius 2 is 1.90 bits per heavy atom. The summed E-state index contributed by atoms with van der Waals surface area (Å²) in [5.41, 5.74) is 2.27. The second kappa shape index (κ2) is 7.92. The smallest absolute Gasteiger partial charge is 0.253 e. The molecule has 2 aromatic heterocycles. The Hall–Kier alpha value is -2.58. The lowest BCUT2D eigenvalue weighted by Gasteiger charge is -2.39. The van der Waals surface area contributed by atoms with Crippen LogP contribution in [-0.2, 0) is 5.54 Å². The number of fused-ring (bicyclic) bond motifs is 1. The summed E-state index contributed by atoms with van der Waals surface area (Å²) in [7, 11) is 0. The first-order valence-corrected chi connectivity index (χ1v) is 10.7. The van der Waals surface area contributed by atoms with E-state index < -0.39 is 0 Å². The largest absolute Gasteiger partial charge is 0.321 e. The average molecular weight is 410 g/mol. The summed E-state index contributed by atoms with van der Waals surface area (Å²) in [4.78, 5) is 21.2. The first-order chi connectivity index (χ1) is 14.3. The lowest BCUT2D eigenvalue weighted by molar-refractivity contribution is 0.105. The fourth-order valence-electron chi connectivity index (χ4n) is 4.28. The van der Waals surface area contributed by atoms with E-state index in [9.17, 15) is 4.79 Å². The first-order valence-electron chi connectivity index (χ1n) is 10.7. The molecule has 1 fully saturated rings. The molecule has 0 bridgehead atoms. The zero-order chi connectivity index (χ0) is 21.5. The fourth-order valence-corrected chi connectivity index (χ4v) is 4.28. The van der Waals surface area contributed by atoms with Crippen molar-refractivity contribution in [3.05, 3.63) is 51.6 Å². The first kappa shape index (κ1) is 20.7. The number of benzene rings is 1. The maximum Gasteiger partial charge on any atom is 0.253 e. The molecule has 1 aromatic carbocycles. The molecule has 0 spiro atoms. The molecule has 0 saturated carbocycles. The number of aromatic amines is 1. The van der Waals surface area contributed by atoms with Crippen LogP contribution < -0.4 is 5.56 Å². The molecule has 8 heteroatoms. The number of nitrogens with one attached hydrogen (secondary N) is 1. The van der Waals surface area contributed by atoms with Gasteiger partial charge in [-0.2, -0.15) is 0 Å². The third-order valence-electron chi connectivity index (χ3n) is 6.00. The van der Waals surface area contributed by atoms with E-state index in [0.29, 0.717) is 11.4 Å². The van der Waals surface area contributed by atoms with Crippen LogP contribution in [0.25, 0.3) is 10.9 Å². The van der Waals surface area contributed by atoms with Crippen molar-refractivity contribution in [3.63, 3.8) is 0 Å². The molecule has 3 heterocycles. The number of likely N-dealkylation sites (N-methyl/N-ethyl adjacent to an activating group) is 1. The lowest BCUT2D eigenvalue weighted by Crippen LogP contribution is -2.49. The van der Waals surface area contributed by atoms with Gasteiger partial charge in [-0.15, -0.1) is 5.10 Å². The van der Waals surface area contributed by atoms with Gasteiger partial charge in [-0.25, -0.2) is 4.68 Å². The van der Waals surface area contributed by atoms with Crippen molar-refractivity contribution in [2.24, 2.45) is 0 Å². The van der Waals surface area contributed by atoms with E-state index >= 15 is 0 Å². The second-order valence-corrected chi connectivity index (χ2v) is 9.09. The minimum absolute atomic E-state index is 0.0804. The van der Waals surface area contributed by atoms with Crippen LogP contribution in [0.3, 0.4) is 0 Å². The normalized spacial score (nSPS) is 17.5. The van der Waals surface area contributed by atoms with E-state index in [4.69, 9.17) is 0 Å². The number of hydrogen-bond acceptors (Lipinski definition) is 6. The summed E-state index contributed by atoms with van der Waals surface area (Å²) in [5.74, 6) is 0.713. The number of tetrazole rings is 1. The molecule has 0 amide bonds. The number of rotatable bonds is 4. The molecule has 0 radical (unpaired) electrons. The van der Waals surface area contributed by atoms with Gasteiger partial charge >= 0.3 is 0 Å². The van der Waals surface area contributed by atoms with E-state index in [2.05, 4.69) is 58.0 Å². The number of H-pyrrole nitrogens is 1. The van der Waals surface area contributed by atoms with Crippen molar-refractivity contribution in [1.82, 2.24) is 35.0 Å². The number of aromatic nitrogens is 5. The van der Waals surface area contributed by atoms with E-state index in [0.717, 1.165) is 49.2 Å². The molecule has 3 aromatic rings. The Kier molecular flexibility index (Phi) is 5.46. The Bertz CT molecular complexity index is 1090. The summed E-state index contributed by atoms with van der Waals surface area (Å²) in [6.07, 6.45) is 0. The van der Waals surface area contributed by atoms with Crippen LogP contribution in [0.4, 0.5) is 0 Å². The van der Waals surface area contributed by atoms with E-state index in [1.54, 1.807) is 0 Å². The van der Waals surface area contributed by atoms with E-state index in [-0.39, 0.29) is 17.1 Å². The summed E-state index contributed by atoms with van der Waals surface area (Å²) in [5, 5.41) is 13.7. The highest BCUT2D eigenvalue weighted by molar-refractivity contribution is 5.82. The maximum absolute atomic E-state index is 13.3. The Morgan fingerprint density at radius 1 is 1.17 bits per heavy atom. The molecule has 8 nitrogen and oxygen atoms in total. The zero-order valence-electron chi connectivity index (χ0n) is 18.5. The molecule has 1 saturated heterocycles. The van der Waals surface area contributed by atoms with Gasteiger partial charge in [0, 0.05) is 31.7 Å². The lowest BCUT2D eigenvalue weighted by atomic mass is 10.0. The molecule has 0 aliphatic carbocycles. The third kappa shape index (κ3) is 3.77. The van der Waals surface area contributed by atoms with Crippen molar-refractivity contribution in [2.75, 3.05) is 32.7 Å². The Labute approximate surface area is 176 Å². The number of para-hydroxylation sites is 1. The van der Waals surface area contributed by atoms with Crippen molar-refractivity contribution in [2.45, 2.75) is 46.2 Å². The molecule has 1 atom stereocenters. The van der Waals surface area contributed by atoms with E-state index in [1.807, 2.05) is 35.9 Å². The standard InChI is InChI=1S/C22H31N7O/c1-6-27-10-12-28(13-11-27)19(20-24-25-26-29(20)22(3,4)5)17-14-16-9-7-8-15(2)18(16)23-21(17)30/h7-9,14,19H,6,10-13H2,1-5H3,(H,23,30)/t19-/m1/s1. The summed E-state index contributed by atoms with van der Waals surface area (Å²) in [6.45, 7) is 15.1. The SMILES string of the molecule is CCN1CCN([C@H](c2cc3cccc(C)c3[nH]c2=O)c2nnnn2C(C)(C)C)CC1. The van der Waals surface area contributed by atoms with E-state index in [1.165, 1.54) is 0 Å². The predicted octanol–water partition coefficient (Wildman–Crippen LogP) is 2.30. The number of pyridine rings is 1. The molecule has 1 N–H and O–H groups in total. The number of aryl methyl sites for hydroxylation is 1. The van der Waals surface area contributed by atoms with Gasteiger partial charge in [-0.3, -0.25) is 9.69 Å². The van der Waals surface area contributed by atoms with Gasteiger partial charge in [0.15, 0.2) is 5.82 Å². The zero-order valence-corrected chi connectivity index (χ0v) is 18.5. The van der Waals surface area contributed by atoms with Gasteiger partial charge in [-0.05, 0) is 61.7 Å². The van der Waals surface area contributed by atoms with Gasteiger partial charge in [-0.1, -0.05) is 25.1 Å². The van der Waals surface area contributed by atoms with Gasteiger partial charge in [0.2, 0.25) is 0 Å². The Morgan fingerprint density at radius 3 is 2.57 bits per heavy atom. The van der Waals surface area contributed by atoms with Crippen molar-refractivity contribution in [3.8, 4) is 0 Å². The summed E-state index contributed by atoms with van der Waals surface area (Å²) in [6, 6.07) is 7.79. The van der Waals surface area contributed by atoms with Crippen molar-refractivity contribution < 1.29 is 0 Å². The minimum Gasteiger partial charge on any atom is -0.321 e. The summed E-state index contributed by atoms with van der Waals surface area (Å²) >= 11 is 0. The van der Waals surface area contributed by atoms with Gasteiger partial charge < -0.3 is 9.88 Å². The minimum atomic E-state index is -0.299. The monoisotopic (exact) mass is 409 g/mol.